The maximum atomic E-state index is 5.39. The molecule has 9 heteroatoms. The van der Waals surface area contributed by atoms with Crippen LogP contribution in [-0.2, 0) is 13.1 Å². The van der Waals surface area contributed by atoms with Crippen LogP contribution in [0, 0.1) is 6.92 Å². The minimum atomic E-state index is 0. The van der Waals surface area contributed by atoms with Gasteiger partial charge in [-0.2, -0.15) is 4.98 Å². The Morgan fingerprint density at radius 2 is 2.04 bits per heavy atom. The second kappa shape index (κ2) is 10.7. The number of hydrogen-bond acceptors (Lipinski definition) is 6. The van der Waals surface area contributed by atoms with Gasteiger partial charge in [-0.05, 0) is 26.0 Å². The lowest BCUT2D eigenvalue weighted by Crippen LogP contribution is -2.36. The first-order valence-corrected chi connectivity index (χ1v) is 7.68. The summed E-state index contributed by atoms with van der Waals surface area (Å²) in [7, 11) is 3.25. The molecule has 0 atom stereocenters. The summed E-state index contributed by atoms with van der Waals surface area (Å²) in [5.41, 5.74) is 0.962. The Balaban J connectivity index is 0.00000312. The van der Waals surface area contributed by atoms with Crippen molar-refractivity contribution < 1.29 is 14.0 Å². The van der Waals surface area contributed by atoms with Gasteiger partial charge in [-0.25, -0.2) is 4.99 Å². The Kier molecular flexibility index (Phi) is 9.03. The number of aliphatic imine (C=N–C) groups is 1. The van der Waals surface area contributed by atoms with Crippen LogP contribution in [0.1, 0.15) is 24.2 Å². The molecule has 0 saturated heterocycles. The molecule has 8 nitrogen and oxygen atoms in total. The number of guanidine groups is 1. The molecule has 25 heavy (non-hydrogen) atoms. The molecule has 2 rings (SSSR count). The van der Waals surface area contributed by atoms with Crippen molar-refractivity contribution in [1.82, 2.24) is 20.8 Å². The highest BCUT2D eigenvalue weighted by atomic mass is 127. The monoisotopic (exact) mass is 461 g/mol. The summed E-state index contributed by atoms with van der Waals surface area (Å²) in [6.07, 6.45) is 0. The van der Waals surface area contributed by atoms with E-state index < -0.39 is 0 Å². The molecule has 0 aliphatic rings. The zero-order chi connectivity index (χ0) is 17.4. The Bertz CT molecular complexity index is 690. The smallest absolute Gasteiger partial charge is 0.246 e. The number of aromatic nitrogens is 2. The summed E-state index contributed by atoms with van der Waals surface area (Å²) in [6.45, 7) is 5.40. The Morgan fingerprint density at radius 3 is 2.64 bits per heavy atom. The van der Waals surface area contributed by atoms with Gasteiger partial charge in [0, 0.05) is 18.2 Å². The number of benzene rings is 1. The Morgan fingerprint density at radius 1 is 1.24 bits per heavy atom. The van der Waals surface area contributed by atoms with Crippen molar-refractivity contribution in [3.8, 4) is 11.5 Å². The highest BCUT2D eigenvalue weighted by Crippen LogP contribution is 2.25. The van der Waals surface area contributed by atoms with Crippen molar-refractivity contribution in [2.75, 3.05) is 20.8 Å². The van der Waals surface area contributed by atoms with Crippen LogP contribution in [-0.4, -0.2) is 36.9 Å². The average Bonchev–Trinajstić information content (AvgIpc) is 3.02. The summed E-state index contributed by atoms with van der Waals surface area (Å²) < 4.78 is 15.7. The van der Waals surface area contributed by atoms with Gasteiger partial charge in [0.25, 0.3) is 0 Å². The van der Waals surface area contributed by atoms with Crippen LogP contribution in [0.2, 0.25) is 0 Å². The molecule has 2 N–H and O–H groups in total. The van der Waals surface area contributed by atoms with Gasteiger partial charge in [-0.15, -0.1) is 24.0 Å². The van der Waals surface area contributed by atoms with E-state index in [2.05, 4.69) is 25.8 Å². The zero-order valence-electron chi connectivity index (χ0n) is 14.8. The summed E-state index contributed by atoms with van der Waals surface area (Å²) in [4.78, 5) is 8.70. The fraction of sp³-hybridized carbons (Fsp3) is 0.438. The van der Waals surface area contributed by atoms with Crippen LogP contribution in [0.3, 0.4) is 0 Å². The van der Waals surface area contributed by atoms with E-state index >= 15 is 0 Å². The van der Waals surface area contributed by atoms with Gasteiger partial charge in [0.1, 0.15) is 11.5 Å². The third-order valence-electron chi connectivity index (χ3n) is 3.22. The molecular weight excluding hydrogens is 437 g/mol. The van der Waals surface area contributed by atoms with Gasteiger partial charge in [-0.1, -0.05) is 5.16 Å². The number of methoxy groups -OCH3 is 2. The van der Waals surface area contributed by atoms with E-state index in [1.54, 1.807) is 21.1 Å². The fourth-order valence-corrected chi connectivity index (χ4v) is 2.06. The van der Waals surface area contributed by atoms with Crippen LogP contribution in [0.4, 0.5) is 0 Å². The van der Waals surface area contributed by atoms with Crippen molar-refractivity contribution in [2.24, 2.45) is 4.99 Å². The number of nitrogens with zero attached hydrogens (tertiary/aromatic N) is 3. The molecule has 0 fully saturated rings. The molecule has 0 radical (unpaired) electrons. The minimum absolute atomic E-state index is 0. The fourth-order valence-electron chi connectivity index (χ4n) is 2.06. The van der Waals surface area contributed by atoms with Crippen LogP contribution >= 0.6 is 24.0 Å². The zero-order valence-corrected chi connectivity index (χ0v) is 17.2. The van der Waals surface area contributed by atoms with Crippen molar-refractivity contribution in [3.63, 3.8) is 0 Å². The maximum Gasteiger partial charge on any atom is 0.246 e. The lowest BCUT2D eigenvalue weighted by molar-refractivity contribution is 0.371. The van der Waals surface area contributed by atoms with Gasteiger partial charge >= 0.3 is 0 Å². The lowest BCUT2D eigenvalue weighted by atomic mass is 10.2. The van der Waals surface area contributed by atoms with E-state index in [1.165, 1.54) is 0 Å². The largest absolute Gasteiger partial charge is 0.497 e. The van der Waals surface area contributed by atoms with E-state index in [-0.39, 0.29) is 24.0 Å². The Hall–Kier alpha value is -2.04. The van der Waals surface area contributed by atoms with E-state index in [1.807, 2.05) is 25.1 Å². The van der Waals surface area contributed by atoms with Gasteiger partial charge in [0.15, 0.2) is 11.8 Å². The highest BCUT2D eigenvalue weighted by Gasteiger charge is 2.07. The summed E-state index contributed by atoms with van der Waals surface area (Å²) in [5, 5.41) is 10.1. The SMILES string of the molecule is CCNC(=NCc1ccc(OC)cc1OC)NCc1nc(C)no1.I. The second-order valence-corrected chi connectivity index (χ2v) is 4.96. The molecule has 1 aromatic carbocycles. The first-order valence-electron chi connectivity index (χ1n) is 7.68. The van der Waals surface area contributed by atoms with Crippen LogP contribution < -0.4 is 20.1 Å². The van der Waals surface area contributed by atoms with Gasteiger partial charge < -0.3 is 24.6 Å². The maximum absolute atomic E-state index is 5.39. The molecule has 0 spiro atoms. The number of ether oxygens (including phenoxy) is 2. The van der Waals surface area contributed by atoms with E-state index in [0.29, 0.717) is 30.8 Å². The number of aryl methyl sites for hydroxylation is 1. The lowest BCUT2D eigenvalue weighted by Gasteiger charge is -2.11. The normalized spacial score (nSPS) is 10.8. The van der Waals surface area contributed by atoms with Crippen molar-refractivity contribution in [3.05, 3.63) is 35.5 Å². The third-order valence-corrected chi connectivity index (χ3v) is 3.22. The summed E-state index contributed by atoms with van der Waals surface area (Å²) in [5.74, 6) is 3.26. The van der Waals surface area contributed by atoms with Gasteiger partial charge in [0.05, 0.1) is 27.3 Å². The standard InChI is InChI=1S/C16H23N5O3.HI/c1-5-17-16(19-10-15-20-11(2)21-24-15)18-9-12-6-7-13(22-3)8-14(12)23-4;/h6-8H,5,9-10H2,1-4H3,(H2,17,18,19);1H. The van der Waals surface area contributed by atoms with Crippen molar-refractivity contribution >= 4 is 29.9 Å². The molecule has 138 valence electrons. The average molecular weight is 461 g/mol. The van der Waals surface area contributed by atoms with E-state index in [9.17, 15) is 0 Å². The number of hydrogen-bond donors (Lipinski definition) is 2. The molecule has 0 aliphatic heterocycles. The van der Waals surface area contributed by atoms with E-state index in [4.69, 9.17) is 14.0 Å². The van der Waals surface area contributed by atoms with Crippen LogP contribution in [0.25, 0.3) is 0 Å². The summed E-state index contributed by atoms with van der Waals surface area (Å²) >= 11 is 0. The first kappa shape index (κ1) is 21.0. The molecular formula is C16H24IN5O3. The Labute approximate surface area is 164 Å². The molecule has 0 bridgehead atoms. The number of halogens is 1. The van der Waals surface area contributed by atoms with Crippen molar-refractivity contribution in [2.45, 2.75) is 26.9 Å². The molecule has 1 aromatic heterocycles. The predicted octanol–water partition coefficient (Wildman–Crippen LogP) is 2.27. The quantitative estimate of drug-likeness (QED) is 0.371. The predicted molar refractivity (Wildman–Crippen MR) is 106 cm³/mol. The number of nitrogens with one attached hydrogen (secondary N) is 2. The highest BCUT2D eigenvalue weighted by molar-refractivity contribution is 14.0. The summed E-state index contributed by atoms with van der Waals surface area (Å²) in [6, 6.07) is 5.66. The molecule has 0 amide bonds. The van der Waals surface area contributed by atoms with E-state index in [0.717, 1.165) is 23.6 Å². The molecule has 0 saturated carbocycles. The first-order chi connectivity index (χ1) is 11.7. The molecule has 0 unspecified atom stereocenters. The number of rotatable bonds is 7. The molecule has 1 heterocycles. The minimum Gasteiger partial charge on any atom is -0.497 e. The second-order valence-electron chi connectivity index (χ2n) is 4.96. The topological polar surface area (TPSA) is 93.8 Å². The van der Waals surface area contributed by atoms with Crippen molar-refractivity contribution in [1.29, 1.82) is 0 Å². The molecule has 0 aliphatic carbocycles. The van der Waals surface area contributed by atoms with Gasteiger partial charge in [-0.3, -0.25) is 0 Å². The van der Waals surface area contributed by atoms with Crippen LogP contribution in [0.15, 0.2) is 27.7 Å². The van der Waals surface area contributed by atoms with Crippen LogP contribution in [0.5, 0.6) is 11.5 Å². The third kappa shape index (κ3) is 6.40. The molecule has 2 aromatic rings. The van der Waals surface area contributed by atoms with Gasteiger partial charge in [0.2, 0.25) is 5.89 Å².